The molecule has 6 heteroatoms. The molecule has 0 aliphatic rings. The van der Waals surface area contributed by atoms with Gasteiger partial charge >= 0.3 is 7.60 Å². The van der Waals surface area contributed by atoms with Crippen molar-refractivity contribution in [2.24, 2.45) is 0 Å². The summed E-state index contributed by atoms with van der Waals surface area (Å²) in [4.78, 5) is 10.6. The SMILES string of the molecule is COP(=O)(CC(=O)CO)OC. The number of carbonyl (C=O) groups excluding carboxylic acids is 1. The molecule has 0 rings (SSSR count). The van der Waals surface area contributed by atoms with E-state index in [9.17, 15) is 9.36 Å². The Morgan fingerprint density at radius 1 is 1.45 bits per heavy atom. The first-order valence-corrected chi connectivity index (χ1v) is 4.64. The molecule has 0 aromatic rings. The van der Waals surface area contributed by atoms with Gasteiger partial charge in [-0.2, -0.15) is 0 Å². The molecule has 0 aromatic carbocycles. The van der Waals surface area contributed by atoms with E-state index in [1.54, 1.807) is 0 Å². The van der Waals surface area contributed by atoms with Crippen molar-refractivity contribution in [3.05, 3.63) is 0 Å². The number of carbonyl (C=O) groups is 1. The third kappa shape index (κ3) is 3.62. The molecule has 0 spiro atoms. The standard InChI is InChI=1S/C5H11O5P/c1-9-11(8,10-2)4-5(7)3-6/h6H,3-4H2,1-2H3. The summed E-state index contributed by atoms with van der Waals surface area (Å²) >= 11 is 0. The van der Waals surface area contributed by atoms with E-state index in [2.05, 4.69) is 9.05 Å². The van der Waals surface area contributed by atoms with Gasteiger partial charge in [0, 0.05) is 14.2 Å². The zero-order chi connectivity index (χ0) is 8.91. The second kappa shape index (κ2) is 4.62. The van der Waals surface area contributed by atoms with Gasteiger partial charge in [0.15, 0.2) is 5.78 Å². The Morgan fingerprint density at radius 2 is 1.91 bits per heavy atom. The van der Waals surface area contributed by atoms with Crippen LogP contribution in [0.25, 0.3) is 0 Å². The minimum Gasteiger partial charge on any atom is -0.389 e. The molecule has 0 amide bonds. The molecular weight excluding hydrogens is 171 g/mol. The maximum atomic E-state index is 11.1. The first-order valence-electron chi connectivity index (χ1n) is 2.91. The van der Waals surface area contributed by atoms with E-state index in [1.165, 1.54) is 14.2 Å². The first kappa shape index (κ1) is 10.8. The third-order valence-electron chi connectivity index (χ3n) is 1.10. The Kier molecular flexibility index (Phi) is 4.52. The fraction of sp³-hybridized carbons (Fsp3) is 0.800. The summed E-state index contributed by atoms with van der Waals surface area (Å²) in [6, 6.07) is 0. The van der Waals surface area contributed by atoms with Crippen molar-refractivity contribution in [3.8, 4) is 0 Å². The fourth-order valence-electron chi connectivity index (χ4n) is 0.470. The Balaban J connectivity index is 4.09. The van der Waals surface area contributed by atoms with Crippen molar-refractivity contribution in [3.63, 3.8) is 0 Å². The van der Waals surface area contributed by atoms with Gasteiger partial charge in [-0.1, -0.05) is 0 Å². The molecule has 11 heavy (non-hydrogen) atoms. The maximum Gasteiger partial charge on any atom is 0.337 e. The number of aliphatic hydroxyl groups excluding tert-OH is 1. The van der Waals surface area contributed by atoms with Crippen LogP contribution < -0.4 is 0 Å². The molecule has 66 valence electrons. The Labute approximate surface area is 64.8 Å². The van der Waals surface area contributed by atoms with Crippen LogP contribution >= 0.6 is 7.60 Å². The van der Waals surface area contributed by atoms with Gasteiger partial charge in [-0.3, -0.25) is 9.36 Å². The van der Waals surface area contributed by atoms with Gasteiger partial charge in [-0.25, -0.2) is 0 Å². The van der Waals surface area contributed by atoms with E-state index in [4.69, 9.17) is 5.11 Å². The van der Waals surface area contributed by atoms with Crippen molar-refractivity contribution >= 4 is 13.4 Å². The van der Waals surface area contributed by atoms with Crippen molar-refractivity contribution in [1.29, 1.82) is 0 Å². The highest BCUT2D eigenvalue weighted by Crippen LogP contribution is 2.45. The van der Waals surface area contributed by atoms with Gasteiger partial charge in [0.1, 0.15) is 12.8 Å². The average Bonchev–Trinajstić information content (AvgIpc) is 2.04. The molecule has 1 N–H and O–H groups in total. The van der Waals surface area contributed by atoms with Crippen molar-refractivity contribution < 1.29 is 23.5 Å². The molecule has 0 aliphatic carbocycles. The molecule has 0 unspecified atom stereocenters. The second-order valence-electron chi connectivity index (χ2n) is 1.83. The average molecular weight is 182 g/mol. The summed E-state index contributed by atoms with van der Waals surface area (Å²) in [6.07, 6.45) is -0.378. The molecule has 0 saturated carbocycles. The smallest absolute Gasteiger partial charge is 0.337 e. The lowest BCUT2D eigenvalue weighted by molar-refractivity contribution is -0.119. The van der Waals surface area contributed by atoms with Crippen LogP contribution in [0.1, 0.15) is 0 Å². The Bertz CT molecular complexity index is 170. The number of ketones is 1. The van der Waals surface area contributed by atoms with Crippen molar-refractivity contribution in [1.82, 2.24) is 0 Å². The molecule has 0 bridgehead atoms. The van der Waals surface area contributed by atoms with Gasteiger partial charge in [-0.15, -0.1) is 0 Å². The summed E-state index contributed by atoms with van der Waals surface area (Å²) in [5.74, 6) is -0.558. The Morgan fingerprint density at radius 3 is 2.18 bits per heavy atom. The van der Waals surface area contributed by atoms with Crippen LogP contribution in [0.4, 0.5) is 0 Å². The normalized spacial score (nSPS) is 11.5. The van der Waals surface area contributed by atoms with E-state index in [0.717, 1.165) is 0 Å². The number of aliphatic hydroxyl groups is 1. The summed E-state index contributed by atoms with van der Waals surface area (Å²) in [7, 11) is -0.884. The number of Topliss-reactive ketones (excluding diaryl/α,β-unsaturated/α-hetero) is 1. The van der Waals surface area contributed by atoms with Gasteiger partial charge < -0.3 is 14.2 Å². The highest BCUT2D eigenvalue weighted by Gasteiger charge is 2.24. The third-order valence-corrected chi connectivity index (χ3v) is 2.96. The number of hydrogen-bond donors (Lipinski definition) is 1. The lowest BCUT2D eigenvalue weighted by Gasteiger charge is -2.10. The van der Waals surface area contributed by atoms with E-state index in [1.807, 2.05) is 0 Å². The van der Waals surface area contributed by atoms with Crippen molar-refractivity contribution in [2.75, 3.05) is 27.0 Å². The largest absolute Gasteiger partial charge is 0.389 e. The zero-order valence-corrected chi connectivity index (χ0v) is 7.34. The van der Waals surface area contributed by atoms with Gasteiger partial charge in [-0.05, 0) is 0 Å². The van der Waals surface area contributed by atoms with Crippen molar-refractivity contribution in [2.45, 2.75) is 0 Å². The van der Waals surface area contributed by atoms with Gasteiger partial charge in [0.05, 0.1) is 0 Å². The zero-order valence-electron chi connectivity index (χ0n) is 6.44. The maximum absolute atomic E-state index is 11.1. The summed E-state index contributed by atoms with van der Waals surface area (Å²) in [5.41, 5.74) is 0. The van der Waals surface area contributed by atoms with Crippen LogP contribution in [0.15, 0.2) is 0 Å². The lowest BCUT2D eigenvalue weighted by atomic mass is 10.5. The monoisotopic (exact) mass is 182 g/mol. The number of hydrogen-bond acceptors (Lipinski definition) is 5. The van der Waals surface area contributed by atoms with E-state index in [-0.39, 0.29) is 6.16 Å². The molecule has 0 aliphatic heterocycles. The van der Waals surface area contributed by atoms with E-state index < -0.39 is 20.0 Å². The fourth-order valence-corrected chi connectivity index (χ4v) is 1.41. The van der Waals surface area contributed by atoms with E-state index >= 15 is 0 Å². The van der Waals surface area contributed by atoms with Crippen LogP contribution in [-0.4, -0.2) is 37.9 Å². The topological polar surface area (TPSA) is 72.8 Å². The molecule has 0 fully saturated rings. The quantitative estimate of drug-likeness (QED) is 0.607. The van der Waals surface area contributed by atoms with Crippen LogP contribution in [0.3, 0.4) is 0 Å². The molecule has 0 saturated heterocycles. The Hall–Kier alpha value is -0.220. The highest BCUT2D eigenvalue weighted by atomic mass is 31.2. The predicted octanol–water partition coefficient (Wildman–Crippen LogP) is 0.0337. The van der Waals surface area contributed by atoms with Crippen LogP contribution in [0.5, 0.6) is 0 Å². The number of rotatable bonds is 5. The highest BCUT2D eigenvalue weighted by molar-refractivity contribution is 7.54. The predicted molar refractivity (Wildman–Crippen MR) is 38.6 cm³/mol. The second-order valence-corrected chi connectivity index (χ2v) is 4.10. The van der Waals surface area contributed by atoms with Crippen LogP contribution in [0, 0.1) is 0 Å². The molecule has 0 heterocycles. The minimum atomic E-state index is -3.26. The first-order chi connectivity index (χ1) is 5.08. The summed E-state index contributed by atoms with van der Waals surface area (Å²) in [6.45, 7) is -0.642. The van der Waals surface area contributed by atoms with Crippen LogP contribution in [0.2, 0.25) is 0 Å². The summed E-state index contributed by atoms with van der Waals surface area (Å²) in [5, 5.41) is 8.31. The molecular formula is C5H11O5P. The van der Waals surface area contributed by atoms with Gasteiger partial charge in [0.2, 0.25) is 0 Å². The van der Waals surface area contributed by atoms with Gasteiger partial charge in [0.25, 0.3) is 0 Å². The minimum absolute atomic E-state index is 0.378. The van der Waals surface area contributed by atoms with E-state index in [0.29, 0.717) is 0 Å². The molecule has 5 nitrogen and oxygen atoms in total. The molecule has 0 aromatic heterocycles. The summed E-state index contributed by atoms with van der Waals surface area (Å²) < 4.78 is 20.1. The molecule has 0 radical (unpaired) electrons. The lowest BCUT2D eigenvalue weighted by Crippen LogP contribution is -2.11. The van der Waals surface area contributed by atoms with Crippen LogP contribution in [-0.2, 0) is 18.4 Å². The molecule has 0 atom stereocenters.